The molecular weight excluding hydrogens is 1590 g/mol. The van der Waals surface area contributed by atoms with Gasteiger partial charge in [-0.15, -0.1) is 0 Å². The van der Waals surface area contributed by atoms with Crippen molar-refractivity contribution in [1.29, 1.82) is 0 Å². The zero-order chi connectivity index (χ0) is 85.0. The Kier molecular flexibility index (Phi) is 31.1. The summed E-state index contributed by atoms with van der Waals surface area (Å²) in [5, 5.41) is 7.66. The van der Waals surface area contributed by atoms with Crippen LogP contribution in [0.5, 0.6) is 0 Å². The van der Waals surface area contributed by atoms with Gasteiger partial charge in [-0.25, -0.2) is 52.7 Å². The number of hydrogen-bond acceptors (Lipinski definition) is 18. The minimum Gasteiger partial charge on any atom is -0.444 e. The van der Waals surface area contributed by atoms with Gasteiger partial charge < -0.3 is 34.8 Å². The van der Waals surface area contributed by atoms with Crippen molar-refractivity contribution in [2.45, 2.75) is 215 Å². The van der Waals surface area contributed by atoms with Gasteiger partial charge in [-0.1, -0.05) is 126 Å². The number of likely N-dealkylation sites (tertiary alicyclic amines) is 2. The Hall–Kier alpha value is -8.30. The average molecular weight is 1700 g/mol. The van der Waals surface area contributed by atoms with Gasteiger partial charge in [0.15, 0.2) is 5.78 Å². The standard InChI is InChI=1S/C71H103N9O14S2.C10H6Cl2O4S2/c1-47(76(15)66(87)93-70(9,10)11)62(83)74-60(68(3,4)5)64(85)79-38-23-29-54(79)41-53(32-31-49-25-19-17-20-26-49)58(81)44-72-95(89,90)56-35-33-52-43-57(36-34-51(52)42-56)96(91,92)73-45-59(82)78(40-37-50-27-21-18-22-28-50)46-55-30-24-39-80(55)65(86)61(69(6,7)8)75-63(84)48(2)77(16)67(88)94-71(12,13)14;11-17(13,14)9-3-1-7-5-10(18(12,15)16)4-2-8(7)6-9/h17-22,25-28,33-36,42-43,47-48,53-55,60-61,72-73H,23-24,29-32,37-41,44-46H2,1-16H3,(H,74,83)(H,75,84);1-6H/t47-,48-,53?,54-,55-,60+,61+;/m0./s1. The number of fused-ring (bicyclic) bond motifs is 2. The fourth-order valence-corrected chi connectivity index (χ4v) is 16.8. The van der Waals surface area contributed by atoms with Crippen molar-refractivity contribution in [2.24, 2.45) is 16.7 Å². The Morgan fingerprint density at radius 3 is 1.24 bits per heavy atom. The van der Waals surface area contributed by atoms with E-state index >= 15 is 0 Å². The molecule has 2 heterocycles. The Morgan fingerprint density at radius 2 is 0.851 bits per heavy atom. The Morgan fingerprint density at radius 1 is 0.491 bits per heavy atom. The molecule has 0 spiro atoms. The summed E-state index contributed by atoms with van der Waals surface area (Å²) in [6.07, 6.45) is 2.50. The predicted molar refractivity (Wildman–Crippen MR) is 438 cm³/mol. The van der Waals surface area contributed by atoms with E-state index in [1.165, 1.54) is 96.7 Å². The Balaban J connectivity index is 0.000000871. The summed E-state index contributed by atoms with van der Waals surface area (Å²) in [5.41, 5.74) is -1.22. The van der Waals surface area contributed by atoms with Crippen LogP contribution in [0, 0.1) is 16.7 Å². The van der Waals surface area contributed by atoms with Crippen molar-refractivity contribution in [3.63, 3.8) is 0 Å². The molecule has 0 bridgehead atoms. The lowest BCUT2D eigenvalue weighted by molar-refractivity contribution is -0.142. The number of nitrogens with one attached hydrogen (secondary N) is 4. The Bertz CT molecular complexity index is 4650. The molecule has 27 nitrogen and oxygen atoms in total. The number of carbonyl (C=O) groups is 8. The third-order valence-corrected chi connectivity index (χ3v) is 25.4. The third kappa shape index (κ3) is 26.4. The molecule has 114 heavy (non-hydrogen) atoms. The number of aryl methyl sites for hydroxylation is 1. The first-order valence-electron chi connectivity index (χ1n) is 37.7. The van der Waals surface area contributed by atoms with E-state index in [-0.39, 0.29) is 56.7 Å². The first-order valence-corrected chi connectivity index (χ1v) is 45.3. The van der Waals surface area contributed by atoms with Crippen molar-refractivity contribution in [3.05, 3.63) is 145 Å². The van der Waals surface area contributed by atoms with Gasteiger partial charge in [0.1, 0.15) is 35.4 Å². The molecule has 8 rings (SSSR count). The number of likely N-dealkylation sites (N-methyl/N-ethyl adjacent to an activating group) is 2. The van der Waals surface area contributed by atoms with E-state index in [0.717, 1.165) is 11.1 Å². The number of Topliss-reactive ketones (excluding diaryl/α,β-unsaturated/α-hetero) is 1. The highest BCUT2D eigenvalue weighted by Crippen LogP contribution is 2.33. The highest BCUT2D eigenvalue weighted by molar-refractivity contribution is 8.14. The number of carbonyl (C=O) groups excluding carboxylic acids is 8. The van der Waals surface area contributed by atoms with Crippen LogP contribution in [0.25, 0.3) is 21.5 Å². The molecule has 6 aromatic carbocycles. The minimum absolute atomic E-state index is 0.0434. The van der Waals surface area contributed by atoms with Crippen molar-refractivity contribution in [1.82, 2.24) is 44.6 Å². The number of sulfonamides is 2. The zero-order valence-electron chi connectivity index (χ0n) is 67.6. The molecule has 624 valence electrons. The van der Waals surface area contributed by atoms with E-state index in [1.54, 1.807) is 70.1 Å². The van der Waals surface area contributed by atoms with E-state index in [0.29, 0.717) is 79.6 Å². The number of halogens is 2. The second-order valence-electron chi connectivity index (χ2n) is 33.2. The minimum atomic E-state index is -4.36. The van der Waals surface area contributed by atoms with Gasteiger partial charge >= 0.3 is 12.2 Å². The smallest absolute Gasteiger partial charge is 0.410 e. The zero-order valence-corrected chi connectivity index (χ0v) is 72.4. The lowest BCUT2D eigenvalue weighted by Gasteiger charge is -2.38. The van der Waals surface area contributed by atoms with Crippen molar-refractivity contribution < 1.29 is 81.5 Å². The molecule has 2 saturated heterocycles. The normalized spacial score (nSPS) is 16.5. The Labute approximate surface area is 680 Å². The quantitative estimate of drug-likeness (QED) is 0.0317. The van der Waals surface area contributed by atoms with Crippen LogP contribution in [0.3, 0.4) is 0 Å². The molecular formula is C81H109Cl2N9O18S4. The molecule has 7 amide bonds. The van der Waals surface area contributed by atoms with Gasteiger partial charge in [-0.05, 0) is 199 Å². The van der Waals surface area contributed by atoms with Gasteiger partial charge in [0.2, 0.25) is 49.6 Å². The molecule has 0 radical (unpaired) electrons. The molecule has 4 N–H and O–H groups in total. The van der Waals surface area contributed by atoms with E-state index in [2.05, 4.69) is 20.1 Å². The first kappa shape index (κ1) is 92.9. The largest absolute Gasteiger partial charge is 0.444 e. The summed E-state index contributed by atoms with van der Waals surface area (Å²) in [5.74, 6) is -3.40. The van der Waals surface area contributed by atoms with Crippen LogP contribution in [-0.2, 0) is 89.2 Å². The van der Waals surface area contributed by atoms with Gasteiger partial charge in [0, 0.05) is 79.6 Å². The van der Waals surface area contributed by atoms with Crippen LogP contribution in [0.4, 0.5) is 9.59 Å². The maximum Gasteiger partial charge on any atom is 0.410 e. The molecule has 2 aliphatic rings. The number of benzene rings is 6. The highest BCUT2D eigenvalue weighted by atomic mass is 35.7. The molecule has 0 saturated carbocycles. The topological polar surface area (TPSA) is 356 Å². The molecule has 6 aromatic rings. The fourth-order valence-electron chi connectivity index (χ4n) is 13.2. The summed E-state index contributed by atoms with van der Waals surface area (Å²) in [7, 11) is -2.96. The molecule has 0 aromatic heterocycles. The van der Waals surface area contributed by atoms with Crippen molar-refractivity contribution >= 4 is 129 Å². The predicted octanol–water partition coefficient (Wildman–Crippen LogP) is 10.9. The monoisotopic (exact) mass is 1690 g/mol. The van der Waals surface area contributed by atoms with Crippen molar-refractivity contribution in [2.75, 3.05) is 53.4 Å². The molecule has 2 fully saturated rings. The van der Waals surface area contributed by atoms with Gasteiger partial charge in [-0.3, -0.25) is 38.6 Å². The number of ether oxygens (including phenoxy) is 2. The summed E-state index contributed by atoms with van der Waals surface area (Å²) < 4.78 is 117. The van der Waals surface area contributed by atoms with Crippen LogP contribution in [0.1, 0.15) is 147 Å². The maximum absolute atomic E-state index is 14.6. The fraction of sp³-hybridized carbons (Fsp3) is 0.506. The molecule has 2 aliphatic heterocycles. The SMILES string of the molecule is C[C@@H](C(=O)N[C@H](C(=O)N1CCC[C@H]1CC(CCc1ccccc1)C(=O)CNS(=O)(=O)c1ccc2cc(S(=O)(=O)NCC(=O)N(CCc3ccccc3)C[C@@H]3CCCN3C(=O)[C@@H](NC(=O)[C@H](C)N(C)C(=O)OC(C)(C)C)C(C)(C)C)ccc2c1)C(C)(C)C)N(C)C(=O)OC(C)(C)C.O=S(=O)(Cl)c1ccc2cc(S(=O)(=O)Cl)ccc2c1. The van der Waals surface area contributed by atoms with E-state index in [4.69, 9.17) is 30.8 Å². The third-order valence-electron chi connectivity index (χ3n) is 19.9. The van der Waals surface area contributed by atoms with Crippen LogP contribution in [0.2, 0.25) is 0 Å². The molecule has 7 atom stereocenters. The van der Waals surface area contributed by atoms with E-state index in [9.17, 15) is 72.0 Å². The van der Waals surface area contributed by atoms with Gasteiger partial charge in [0.05, 0.1) is 32.7 Å². The van der Waals surface area contributed by atoms with Crippen molar-refractivity contribution in [3.8, 4) is 0 Å². The van der Waals surface area contributed by atoms with Gasteiger partial charge in [0.25, 0.3) is 18.1 Å². The summed E-state index contributed by atoms with van der Waals surface area (Å²) in [4.78, 5) is 118. The summed E-state index contributed by atoms with van der Waals surface area (Å²) in [6.45, 7) is 24.2. The van der Waals surface area contributed by atoms with E-state index in [1.807, 2.05) is 102 Å². The van der Waals surface area contributed by atoms with E-state index < -0.39 is 145 Å². The summed E-state index contributed by atoms with van der Waals surface area (Å²) in [6, 6.07) is 30.7. The van der Waals surface area contributed by atoms with Gasteiger partial charge in [-0.2, -0.15) is 0 Å². The van der Waals surface area contributed by atoms with Crippen LogP contribution in [-0.4, -0.2) is 206 Å². The lowest BCUT2D eigenvalue weighted by Crippen LogP contribution is -2.60. The number of ketones is 1. The second kappa shape index (κ2) is 38.2. The summed E-state index contributed by atoms with van der Waals surface area (Å²) >= 11 is 0. The maximum atomic E-state index is 14.6. The second-order valence-corrected chi connectivity index (χ2v) is 41.8. The number of nitrogens with zero attached hydrogens (tertiary/aromatic N) is 5. The first-order chi connectivity index (χ1) is 52.7. The van der Waals surface area contributed by atoms with Crippen LogP contribution in [0.15, 0.2) is 153 Å². The van der Waals surface area contributed by atoms with Crippen LogP contribution < -0.4 is 20.1 Å². The number of amides is 7. The number of hydrogen-bond donors (Lipinski definition) is 4. The molecule has 1 unspecified atom stereocenters. The molecule has 0 aliphatic carbocycles. The number of rotatable bonds is 29. The lowest BCUT2D eigenvalue weighted by atomic mass is 9.84. The molecule has 33 heteroatoms. The highest BCUT2D eigenvalue weighted by Gasteiger charge is 2.44. The van der Waals surface area contributed by atoms with Crippen LogP contribution >= 0.6 is 21.4 Å². The average Bonchev–Trinajstić information content (AvgIpc) is 0.984.